The predicted octanol–water partition coefficient (Wildman–Crippen LogP) is 5.90. The molecule has 2 heterocycles. The molecule has 2 aromatic rings. The Bertz CT molecular complexity index is 1100. The van der Waals surface area contributed by atoms with Gasteiger partial charge in [0.1, 0.15) is 6.10 Å². The zero-order valence-corrected chi connectivity index (χ0v) is 19.0. The van der Waals surface area contributed by atoms with Crippen LogP contribution in [0.5, 0.6) is 0 Å². The van der Waals surface area contributed by atoms with Gasteiger partial charge in [0.05, 0.1) is 22.8 Å². The average molecular weight is 472 g/mol. The highest BCUT2D eigenvalue weighted by Gasteiger charge is 2.61. The van der Waals surface area contributed by atoms with Crippen LogP contribution in [-0.4, -0.2) is 27.8 Å². The van der Waals surface area contributed by atoms with Crippen molar-refractivity contribution in [2.45, 2.75) is 56.9 Å². The number of aromatic nitrogens is 1. The minimum Gasteiger partial charge on any atom is -0.462 e. The molecule has 7 heteroatoms. The molecule has 0 radical (unpaired) electrons. The maximum absolute atomic E-state index is 13.0. The molecule has 3 fully saturated rings. The maximum Gasteiger partial charge on any atom is 0.416 e. The Kier molecular flexibility index (Phi) is 5.79. The van der Waals surface area contributed by atoms with Gasteiger partial charge in [0.2, 0.25) is 0 Å². The van der Waals surface area contributed by atoms with Gasteiger partial charge in [-0.15, -0.1) is 0 Å². The number of ether oxygens (including phenoxy) is 1. The molecule has 1 aromatic carbocycles. The van der Waals surface area contributed by atoms with Gasteiger partial charge in [-0.05, 0) is 61.4 Å². The van der Waals surface area contributed by atoms with E-state index < -0.39 is 17.3 Å². The van der Waals surface area contributed by atoms with Crippen molar-refractivity contribution in [2.24, 2.45) is 23.7 Å². The Labute approximate surface area is 196 Å². The molecule has 0 spiro atoms. The van der Waals surface area contributed by atoms with Gasteiger partial charge < -0.3 is 9.84 Å². The summed E-state index contributed by atoms with van der Waals surface area (Å²) in [6, 6.07) is 8.61. The largest absolute Gasteiger partial charge is 0.462 e. The highest BCUT2D eigenvalue weighted by Crippen LogP contribution is 2.55. The highest BCUT2D eigenvalue weighted by molar-refractivity contribution is 5.76. The molecule has 180 valence electrons. The number of hydrogen-bond acceptors (Lipinski definition) is 4. The third kappa shape index (κ3) is 4.04. The summed E-state index contributed by atoms with van der Waals surface area (Å²) in [6.07, 6.45) is 5.20. The number of cyclic esters (lactones) is 1. The lowest BCUT2D eigenvalue weighted by atomic mass is 9.55. The third-order valence-electron chi connectivity index (χ3n) is 7.97. The predicted molar refractivity (Wildman–Crippen MR) is 121 cm³/mol. The Morgan fingerprint density at radius 2 is 1.94 bits per heavy atom. The lowest BCUT2D eigenvalue weighted by Gasteiger charge is -2.51. The second kappa shape index (κ2) is 8.52. The summed E-state index contributed by atoms with van der Waals surface area (Å²) >= 11 is 0. The number of pyridine rings is 1. The quantitative estimate of drug-likeness (QED) is 0.567. The molecular formula is C27H28F3NO3. The lowest BCUT2D eigenvalue weighted by molar-refractivity contribution is -0.145. The van der Waals surface area contributed by atoms with Crippen LogP contribution in [0, 0.1) is 23.7 Å². The van der Waals surface area contributed by atoms with E-state index in [2.05, 4.69) is 4.98 Å². The average Bonchev–Trinajstić information content (AvgIpc) is 3.11. The van der Waals surface area contributed by atoms with Gasteiger partial charge in [0.25, 0.3) is 0 Å². The lowest BCUT2D eigenvalue weighted by Crippen LogP contribution is -2.56. The monoisotopic (exact) mass is 471 g/mol. The molecular weight excluding hydrogens is 443 g/mol. The molecule has 1 aliphatic heterocycles. The van der Waals surface area contributed by atoms with Crippen molar-refractivity contribution in [3.8, 4) is 11.1 Å². The zero-order valence-electron chi connectivity index (χ0n) is 19.0. The Hall–Kier alpha value is -2.67. The molecule has 6 unspecified atom stereocenters. The molecule has 0 bridgehead atoms. The van der Waals surface area contributed by atoms with E-state index in [1.165, 1.54) is 12.3 Å². The fourth-order valence-corrected chi connectivity index (χ4v) is 6.43. The summed E-state index contributed by atoms with van der Waals surface area (Å²) in [5.41, 5.74) is -0.257. The van der Waals surface area contributed by atoms with E-state index in [-0.39, 0.29) is 29.8 Å². The summed E-state index contributed by atoms with van der Waals surface area (Å²) in [7, 11) is 0. The van der Waals surface area contributed by atoms with E-state index in [0.29, 0.717) is 22.7 Å². The van der Waals surface area contributed by atoms with Crippen molar-refractivity contribution in [2.75, 3.05) is 0 Å². The summed E-state index contributed by atoms with van der Waals surface area (Å²) in [5, 5.41) is 12.0. The molecule has 1 N–H and O–H groups in total. The first-order chi connectivity index (χ1) is 16.2. The summed E-state index contributed by atoms with van der Waals surface area (Å²) in [6.45, 7) is 1.85. The summed E-state index contributed by atoms with van der Waals surface area (Å²) < 4.78 is 44.7. The Morgan fingerprint density at radius 1 is 1.15 bits per heavy atom. The molecule has 0 amide bonds. The number of halogens is 3. The number of fused-ring (bicyclic) bond motifs is 2. The molecule has 5 rings (SSSR count). The van der Waals surface area contributed by atoms with Crippen LogP contribution in [0.1, 0.15) is 50.3 Å². The zero-order chi connectivity index (χ0) is 24.1. The number of benzene rings is 1. The number of aliphatic hydroxyl groups is 1. The van der Waals surface area contributed by atoms with E-state index in [9.17, 15) is 23.1 Å². The normalized spacial score (nSPS) is 33.4. The first-order valence-corrected chi connectivity index (χ1v) is 11.9. The minimum atomic E-state index is -4.40. The molecule has 3 aliphatic rings. The maximum atomic E-state index is 13.0. The molecule has 2 aliphatic carbocycles. The van der Waals surface area contributed by atoms with Crippen molar-refractivity contribution in [1.82, 2.24) is 4.98 Å². The van der Waals surface area contributed by atoms with E-state index in [1.54, 1.807) is 30.4 Å². The number of rotatable bonds is 3. The molecule has 34 heavy (non-hydrogen) atoms. The van der Waals surface area contributed by atoms with Crippen molar-refractivity contribution < 1.29 is 27.8 Å². The van der Waals surface area contributed by atoms with Crippen LogP contribution in [0.15, 0.2) is 48.7 Å². The van der Waals surface area contributed by atoms with Crippen LogP contribution in [0.3, 0.4) is 0 Å². The Balaban J connectivity index is 1.42. The molecule has 2 saturated carbocycles. The van der Waals surface area contributed by atoms with Gasteiger partial charge >= 0.3 is 12.1 Å². The van der Waals surface area contributed by atoms with Crippen LogP contribution in [-0.2, 0) is 15.7 Å². The number of carbonyl (C=O) groups is 1. The fourth-order valence-electron chi connectivity index (χ4n) is 6.43. The summed E-state index contributed by atoms with van der Waals surface area (Å²) in [4.78, 5) is 16.9. The van der Waals surface area contributed by atoms with Crippen molar-refractivity contribution in [1.29, 1.82) is 0 Å². The molecule has 6 atom stereocenters. The SMILES string of the molecule is CC1OC(=O)C2CC3CCCCC3C(O)(/C=C/c3ccc(-c4cccc(C(F)(F)F)c4)cn3)C12. The number of nitrogens with zero attached hydrogens (tertiary/aromatic N) is 1. The summed E-state index contributed by atoms with van der Waals surface area (Å²) in [5.74, 6) is -0.434. The topological polar surface area (TPSA) is 59.4 Å². The minimum absolute atomic E-state index is 0.0695. The van der Waals surface area contributed by atoms with E-state index in [0.717, 1.165) is 44.2 Å². The van der Waals surface area contributed by atoms with Crippen molar-refractivity contribution in [3.05, 3.63) is 59.9 Å². The fraction of sp³-hybridized carbons (Fsp3) is 0.481. The van der Waals surface area contributed by atoms with Crippen LogP contribution < -0.4 is 0 Å². The Morgan fingerprint density at radius 3 is 2.68 bits per heavy atom. The van der Waals surface area contributed by atoms with Gasteiger partial charge in [-0.25, -0.2) is 0 Å². The van der Waals surface area contributed by atoms with Gasteiger partial charge in [0, 0.05) is 17.7 Å². The number of esters is 1. The van der Waals surface area contributed by atoms with Crippen LogP contribution in [0.2, 0.25) is 0 Å². The van der Waals surface area contributed by atoms with Crippen LogP contribution >= 0.6 is 0 Å². The van der Waals surface area contributed by atoms with Crippen LogP contribution in [0.25, 0.3) is 17.2 Å². The van der Waals surface area contributed by atoms with Gasteiger partial charge in [0.15, 0.2) is 0 Å². The van der Waals surface area contributed by atoms with E-state index in [1.807, 2.05) is 6.92 Å². The number of hydrogen-bond donors (Lipinski definition) is 1. The highest BCUT2D eigenvalue weighted by atomic mass is 19.4. The van der Waals surface area contributed by atoms with Crippen molar-refractivity contribution in [3.63, 3.8) is 0 Å². The second-order valence-electron chi connectivity index (χ2n) is 9.93. The first kappa shape index (κ1) is 23.1. The molecule has 1 saturated heterocycles. The third-order valence-corrected chi connectivity index (χ3v) is 7.97. The standard InChI is InChI=1S/C27H28F3NO3/c1-16-24-22(25(32)34-16)14-18-5-2-3-8-23(18)26(24,33)12-11-21-10-9-19(15-31-21)17-6-4-7-20(13-17)27(28,29)30/h4,6-7,9-13,15-16,18,22-24,33H,2-3,5,8,14H2,1H3/b12-11+. The van der Waals surface area contributed by atoms with Crippen LogP contribution in [0.4, 0.5) is 13.2 Å². The second-order valence-corrected chi connectivity index (χ2v) is 9.93. The van der Waals surface area contributed by atoms with Gasteiger partial charge in [-0.1, -0.05) is 43.5 Å². The first-order valence-electron chi connectivity index (χ1n) is 11.9. The van der Waals surface area contributed by atoms with E-state index in [4.69, 9.17) is 4.74 Å². The van der Waals surface area contributed by atoms with Gasteiger partial charge in [-0.2, -0.15) is 13.2 Å². The molecule has 4 nitrogen and oxygen atoms in total. The van der Waals surface area contributed by atoms with Gasteiger partial charge in [-0.3, -0.25) is 9.78 Å². The number of alkyl halides is 3. The number of carbonyl (C=O) groups excluding carboxylic acids is 1. The van der Waals surface area contributed by atoms with E-state index >= 15 is 0 Å². The smallest absolute Gasteiger partial charge is 0.416 e. The van der Waals surface area contributed by atoms with Crippen molar-refractivity contribution >= 4 is 12.0 Å². The molecule has 1 aromatic heterocycles.